The van der Waals surface area contributed by atoms with Gasteiger partial charge in [-0.2, -0.15) is 0 Å². The number of nitrogens with zero attached hydrogens (tertiary/aromatic N) is 2. The number of carbonyl (C=O) groups is 1. The third-order valence-corrected chi connectivity index (χ3v) is 9.66. The molecule has 0 bridgehead atoms. The van der Waals surface area contributed by atoms with Crippen molar-refractivity contribution in [1.82, 2.24) is 9.80 Å². The highest BCUT2D eigenvalue weighted by atomic mass is 19.3. The van der Waals surface area contributed by atoms with E-state index in [2.05, 4.69) is 40.1 Å². The van der Waals surface area contributed by atoms with Crippen LogP contribution < -0.4 is 0 Å². The summed E-state index contributed by atoms with van der Waals surface area (Å²) >= 11 is 0. The van der Waals surface area contributed by atoms with Gasteiger partial charge in [0.25, 0.3) is 5.92 Å². The van der Waals surface area contributed by atoms with E-state index < -0.39 is 5.92 Å². The lowest BCUT2D eigenvalue weighted by Crippen LogP contribution is -2.42. The van der Waals surface area contributed by atoms with E-state index in [1.54, 1.807) is 12.1 Å². The van der Waals surface area contributed by atoms with Crippen LogP contribution in [0.3, 0.4) is 0 Å². The Morgan fingerprint density at radius 1 is 0.806 bits per heavy atom. The fourth-order valence-electron chi connectivity index (χ4n) is 7.43. The van der Waals surface area contributed by atoms with Gasteiger partial charge in [-0.15, -0.1) is 0 Å². The number of carbonyl (C=O) groups excluding carboxylic acids is 1. The first-order valence-electron chi connectivity index (χ1n) is 13.9. The monoisotopic (exact) mass is 492 g/mol. The lowest BCUT2D eigenvalue weighted by atomic mass is 9.81. The van der Waals surface area contributed by atoms with Crippen molar-refractivity contribution in [3.63, 3.8) is 0 Å². The van der Waals surface area contributed by atoms with Gasteiger partial charge in [0.2, 0.25) is 5.91 Å². The van der Waals surface area contributed by atoms with Gasteiger partial charge in [0.15, 0.2) is 0 Å². The number of rotatable bonds is 5. The van der Waals surface area contributed by atoms with Crippen LogP contribution in [0, 0.1) is 17.8 Å². The largest absolute Gasteiger partial charge is 0.342 e. The summed E-state index contributed by atoms with van der Waals surface area (Å²) in [6.45, 7) is 4.64. The minimum absolute atomic E-state index is 0.0856. The minimum Gasteiger partial charge on any atom is -0.342 e. The van der Waals surface area contributed by atoms with Crippen LogP contribution in [-0.2, 0) is 10.7 Å². The van der Waals surface area contributed by atoms with Crippen LogP contribution in [0.2, 0.25) is 0 Å². The summed E-state index contributed by atoms with van der Waals surface area (Å²) in [7, 11) is 0. The Hall–Kier alpha value is -2.27. The lowest BCUT2D eigenvalue weighted by Gasteiger charge is -2.36. The molecule has 192 valence electrons. The molecule has 36 heavy (non-hydrogen) atoms. The van der Waals surface area contributed by atoms with Crippen LogP contribution in [0.4, 0.5) is 8.78 Å². The van der Waals surface area contributed by atoms with Crippen LogP contribution in [0.15, 0.2) is 54.6 Å². The normalized spacial score (nSPS) is 31.3. The highest BCUT2D eigenvalue weighted by molar-refractivity contribution is 5.83. The van der Waals surface area contributed by atoms with E-state index in [9.17, 15) is 13.6 Å². The molecule has 0 aromatic heterocycles. The SMILES string of the molecule is CC(F)(F)c1cccc(C2CCN(C(=O)C3[C@H]4CN(C5CCC(c6ccccc6)CC5)C[C@@H]34)CC2)c1. The minimum atomic E-state index is -2.81. The van der Waals surface area contributed by atoms with E-state index in [4.69, 9.17) is 0 Å². The van der Waals surface area contributed by atoms with Crippen molar-refractivity contribution in [3.05, 3.63) is 71.3 Å². The summed E-state index contributed by atoms with van der Waals surface area (Å²) < 4.78 is 27.5. The molecular weight excluding hydrogens is 454 g/mol. The summed E-state index contributed by atoms with van der Waals surface area (Å²) in [5.41, 5.74) is 2.56. The molecule has 2 aromatic carbocycles. The quantitative estimate of drug-likeness (QED) is 0.482. The van der Waals surface area contributed by atoms with Crippen LogP contribution in [0.25, 0.3) is 0 Å². The maximum atomic E-state index is 13.8. The third-order valence-electron chi connectivity index (χ3n) is 9.66. The van der Waals surface area contributed by atoms with Crippen LogP contribution >= 0.6 is 0 Å². The summed E-state index contributed by atoms with van der Waals surface area (Å²) in [6, 6.07) is 18.5. The van der Waals surface area contributed by atoms with Gasteiger partial charge in [0.05, 0.1) is 0 Å². The number of alkyl halides is 2. The Morgan fingerprint density at radius 2 is 1.42 bits per heavy atom. The first-order valence-corrected chi connectivity index (χ1v) is 13.9. The number of amides is 1. The van der Waals surface area contributed by atoms with Crippen molar-refractivity contribution >= 4 is 5.91 Å². The molecule has 2 saturated carbocycles. The molecule has 1 unspecified atom stereocenters. The number of likely N-dealkylation sites (tertiary alicyclic amines) is 2. The average Bonchev–Trinajstić information content (AvgIpc) is 3.41. The molecule has 2 aliphatic carbocycles. The van der Waals surface area contributed by atoms with Crippen LogP contribution in [0.5, 0.6) is 0 Å². The fraction of sp³-hybridized carbons (Fsp3) is 0.581. The molecular formula is C31H38F2N2O. The van der Waals surface area contributed by atoms with Crippen molar-refractivity contribution in [2.45, 2.75) is 69.2 Å². The fourth-order valence-corrected chi connectivity index (χ4v) is 7.43. The topological polar surface area (TPSA) is 23.6 Å². The molecule has 2 saturated heterocycles. The molecule has 2 aliphatic heterocycles. The second-order valence-electron chi connectivity index (χ2n) is 11.8. The van der Waals surface area contributed by atoms with Crippen molar-refractivity contribution < 1.29 is 13.6 Å². The van der Waals surface area contributed by atoms with E-state index in [0.29, 0.717) is 29.7 Å². The van der Waals surface area contributed by atoms with Crippen molar-refractivity contribution in [3.8, 4) is 0 Å². The van der Waals surface area contributed by atoms with Crippen molar-refractivity contribution in [2.75, 3.05) is 26.2 Å². The Kier molecular flexibility index (Phi) is 6.39. The summed E-state index contributed by atoms with van der Waals surface area (Å²) in [4.78, 5) is 18.0. The van der Waals surface area contributed by atoms with Crippen LogP contribution in [0.1, 0.15) is 74.0 Å². The molecule has 0 spiro atoms. The van der Waals surface area contributed by atoms with Gasteiger partial charge < -0.3 is 4.90 Å². The van der Waals surface area contributed by atoms with E-state index in [1.807, 2.05) is 6.07 Å². The zero-order valence-corrected chi connectivity index (χ0v) is 21.3. The molecule has 0 N–H and O–H groups in total. The second kappa shape index (κ2) is 9.55. The van der Waals surface area contributed by atoms with E-state index in [-0.39, 0.29) is 17.4 Å². The second-order valence-corrected chi connectivity index (χ2v) is 11.8. The molecule has 2 heterocycles. The molecule has 3 atom stereocenters. The first kappa shape index (κ1) is 24.1. The van der Waals surface area contributed by atoms with Gasteiger partial charge in [-0.1, -0.05) is 48.5 Å². The summed E-state index contributed by atoms with van der Waals surface area (Å²) in [5, 5.41) is 0. The average molecular weight is 493 g/mol. The Morgan fingerprint density at radius 3 is 2.06 bits per heavy atom. The Labute approximate surface area is 213 Å². The molecule has 6 rings (SSSR count). The van der Waals surface area contributed by atoms with Gasteiger partial charge in [-0.25, -0.2) is 8.78 Å². The number of hydrogen-bond acceptors (Lipinski definition) is 2. The van der Waals surface area contributed by atoms with E-state index in [1.165, 1.54) is 37.3 Å². The van der Waals surface area contributed by atoms with Gasteiger partial charge in [0, 0.05) is 50.6 Å². The first-order chi connectivity index (χ1) is 17.4. The van der Waals surface area contributed by atoms with Gasteiger partial charge in [-0.3, -0.25) is 9.69 Å². The third kappa shape index (κ3) is 4.71. The number of halogens is 2. The number of hydrogen-bond donors (Lipinski definition) is 0. The summed E-state index contributed by atoms with van der Waals surface area (Å²) in [5.74, 6) is -0.179. The molecule has 0 radical (unpaired) electrons. The molecule has 5 heteroatoms. The summed E-state index contributed by atoms with van der Waals surface area (Å²) in [6.07, 6.45) is 6.83. The smallest absolute Gasteiger partial charge is 0.270 e. The number of fused-ring (bicyclic) bond motifs is 1. The van der Waals surface area contributed by atoms with Crippen molar-refractivity contribution in [2.24, 2.45) is 17.8 Å². The Balaban J connectivity index is 0.968. The number of piperidine rings is 2. The van der Waals surface area contributed by atoms with Gasteiger partial charge >= 0.3 is 0 Å². The maximum absolute atomic E-state index is 13.8. The predicted molar refractivity (Wildman–Crippen MR) is 138 cm³/mol. The Bertz CT molecular complexity index is 1060. The highest BCUT2D eigenvalue weighted by Crippen LogP contribution is 2.54. The zero-order chi connectivity index (χ0) is 24.9. The molecule has 4 aliphatic rings. The lowest BCUT2D eigenvalue weighted by molar-refractivity contribution is -0.134. The zero-order valence-electron chi connectivity index (χ0n) is 21.3. The van der Waals surface area contributed by atoms with Gasteiger partial charge in [-0.05, 0) is 79.4 Å². The van der Waals surface area contributed by atoms with E-state index in [0.717, 1.165) is 51.5 Å². The molecule has 4 fully saturated rings. The highest BCUT2D eigenvalue weighted by Gasteiger charge is 2.60. The maximum Gasteiger partial charge on any atom is 0.270 e. The molecule has 3 nitrogen and oxygen atoms in total. The van der Waals surface area contributed by atoms with Gasteiger partial charge in [0.1, 0.15) is 0 Å². The number of benzene rings is 2. The molecule has 2 aromatic rings. The molecule has 1 amide bonds. The predicted octanol–water partition coefficient (Wildman–Crippen LogP) is 6.41. The van der Waals surface area contributed by atoms with Crippen LogP contribution in [-0.4, -0.2) is 47.9 Å². The van der Waals surface area contributed by atoms with E-state index >= 15 is 0 Å². The standard InChI is InChI=1S/C31H38F2N2O/c1-31(32,33)25-9-5-8-24(18-25)23-14-16-34(17-15-23)30(36)29-27-19-35(20-28(27)29)26-12-10-22(11-13-26)21-6-3-2-4-7-21/h2-9,18,22-23,26-29H,10-17,19-20H2,1H3/t22?,26?,27-,28+,29?. The van der Waals surface area contributed by atoms with Crippen molar-refractivity contribution in [1.29, 1.82) is 0 Å².